The van der Waals surface area contributed by atoms with E-state index < -0.39 is 0 Å². The number of ether oxygens (including phenoxy) is 1. The van der Waals surface area contributed by atoms with Crippen LogP contribution < -0.4 is 9.64 Å². The molecule has 0 aliphatic carbocycles. The Morgan fingerprint density at radius 1 is 1.05 bits per heavy atom. The highest BCUT2D eigenvalue weighted by atomic mass is 79.9. The van der Waals surface area contributed by atoms with Crippen molar-refractivity contribution in [3.05, 3.63) is 99.5 Å². The number of aromatic nitrogens is 1. The summed E-state index contributed by atoms with van der Waals surface area (Å²) in [5.41, 5.74) is 5.35. The van der Waals surface area contributed by atoms with E-state index in [2.05, 4.69) is 15.9 Å². The van der Waals surface area contributed by atoms with Crippen molar-refractivity contribution in [3.8, 4) is 5.75 Å². The molecule has 0 atom stereocenters. The van der Waals surface area contributed by atoms with Crippen LogP contribution in [-0.2, 0) is 11.3 Å². The number of anilines is 1. The van der Waals surface area contributed by atoms with Crippen LogP contribution >= 0.6 is 28.1 Å². The number of hydrogen-bond acceptors (Lipinski definition) is 3. The monoisotopic (exact) mass is 577 g/mol. The lowest BCUT2D eigenvalue weighted by Crippen LogP contribution is -2.31. The molecule has 0 N–H and O–H groups in total. The number of carbonyl (C=O) groups excluding carboxylic acids is 1. The number of rotatable bonds is 6. The minimum absolute atomic E-state index is 0.172. The highest BCUT2D eigenvalue weighted by Gasteiger charge is 2.37. The van der Waals surface area contributed by atoms with Crippen LogP contribution in [0, 0.1) is 19.7 Å². The summed E-state index contributed by atoms with van der Waals surface area (Å²) in [7, 11) is 1.81. The smallest absolute Gasteiger partial charge is 0.281 e. The largest absolute Gasteiger partial charge is 0.489 e. The first-order valence-corrected chi connectivity index (χ1v) is 13.0. The molecule has 1 amide bonds. The predicted octanol–water partition coefficient (Wildman–Crippen LogP) is 6.84. The average molecular weight is 579 g/mol. The maximum absolute atomic E-state index is 13.9. The maximum atomic E-state index is 13.9. The van der Waals surface area contributed by atoms with E-state index in [1.54, 1.807) is 28.0 Å². The molecule has 3 aromatic carbocycles. The fourth-order valence-corrected chi connectivity index (χ4v) is 5.06. The molecule has 2 heterocycles. The van der Waals surface area contributed by atoms with Gasteiger partial charge in [0, 0.05) is 34.2 Å². The number of hydrogen-bond donors (Lipinski definition) is 0. The standard InChI is InChI=1S/C29H25BrFN3O2S/c1-18-8-10-22(14-19(18)2)34-28(35)26(32(3)29(34)37)15-20-17-33(25-11-9-21(30)16-23(20)25)12-13-36-27-7-5-4-6-24(27)31/h4-11,14-17H,12-13H2,1-3H3/b26-15-. The lowest BCUT2D eigenvalue weighted by atomic mass is 10.1. The van der Waals surface area contributed by atoms with Gasteiger partial charge in [0.05, 0.1) is 12.2 Å². The highest BCUT2D eigenvalue weighted by molar-refractivity contribution is 9.10. The molecule has 4 aromatic rings. The van der Waals surface area contributed by atoms with Gasteiger partial charge in [0.2, 0.25) is 0 Å². The highest BCUT2D eigenvalue weighted by Crippen LogP contribution is 2.32. The number of likely N-dealkylation sites (N-methyl/N-ethyl adjacent to an activating group) is 1. The summed E-state index contributed by atoms with van der Waals surface area (Å²) in [6, 6.07) is 18.3. The van der Waals surface area contributed by atoms with Gasteiger partial charge in [-0.1, -0.05) is 34.1 Å². The van der Waals surface area contributed by atoms with Crippen LogP contribution in [0.15, 0.2) is 77.0 Å². The third-order valence-corrected chi connectivity index (χ3v) is 7.55. The summed E-state index contributed by atoms with van der Waals surface area (Å²) in [4.78, 5) is 16.9. The molecule has 1 saturated heterocycles. The molecule has 0 spiro atoms. The maximum Gasteiger partial charge on any atom is 0.281 e. The summed E-state index contributed by atoms with van der Waals surface area (Å²) in [6.07, 6.45) is 3.86. The second-order valence-corrected chi connectivity index (χ2v) is 10.3. The lowest BCUT2D eigenvalue weighted by Gasteiger charge is -2.17. The molecule has 0 unspecified atom stereocenters. The zero-order valence-electron chi connectivity index (χ0n) is 20.7. The van der Waals surface area contributed by atoms with Gasteiger partial charge < -0.3 is 14.2 Å². The molecule has 5 rings (SSSR count). The van der Waals surface area contributed by atoms with E-state index in [9.17, 15) is 9.18 Å². The number of thiocarbonyl (C=S) groups is 1. The molecule has 1 aliphatic rings. The third-order valence-electron chi connectivity index (χ3n) is 6.60. The first-order valence-electron chi connectivity index (χ1n) is 11.8. The van der Waals surface area contributed by atoms with Gasteiger partial charge in [-0.05, 0) is 85.7 Å². The van der Waals surface area contributed by atoms with Crippen LogP contribution in [-0.4, -0.2) is 34.1 Å². The van der Waals surface area contributed by atoms with Gasteiger partial charge >= 0.3 is 0 Å². The van der Waals surface area contributed by atoms with Crippen molar-refractivity contribution in [2.24, 2.45) is 0 Å². The quantitative estimate of drug-likeness (QED) is 0.186. The molecule has 8 heteroatoms. The fourth-order valence-electron chi connectivity index (χ4n) is 4.41. The molecular formula is C29H25BrFN3O2S. The zero-order chi connectivity index (χ0) is 26.3. The number of nitrogens with zero attached hydrogens (tertiary/aromatic N) is 3. The molecule has 1 fully saturated rings. The minimum atomic E-state index is -0.388. The Morgan fingerprint density at radius 3 is 2.59 bits per heavy atom. The summed E-state index contributed by atoms with van der Waals surface area (Å²) in [6.45, 7) is 4.86. The van der Waals surface area contributed by atoms with Gasteiger partial charge in [0.25, 0.3) is 5.91 Å². The third kappa shape index (κ3) is 4.79. The molecule has 1 aromatic heterocycles. The Kier molecular flexibility index (Phi) is 6.88. The van der Waals surface area contributed by atoms with Gasteiger partial charge in [-0.2, -0.15) is 0 Å². The molecule has 188 valence electrons. The van der Waals surface area contributed by atoms with Crippen molar-refractivity contribution < 1.29 is 13.9 Å². The summed E-state index contributed by atoms with van der Waals surface area (Å²) >= 11 is 9.22. The number of fused-ring (bicyclic) bond motifs is 1. The SMILES string of the molecule is Cc1ccc(N2C(=O)/C(=C/c3cn(CCOc4ccccc4F)c4ccc(Br)cc34)N(C)C2=S)cc1C. The van der Waals surface area contributed by atoms with Gasteiger partial charge in [-0.3, -0.25) is 9.69 Å². The number of carbonyl (C=O) groups is 1. The number of para-hydroxylation sites is 1. The Hall–Kier alpha value is -3.49. The Bertz CT molecular complexity index is 1580. The Labute approximate surface area is 228 Å². The molecule has 37 heavy (non-hydrogen) atoms. The Balaban J connectivity index is 1.47. The van der Waals surface area contributed by atoms with Gasteiger partial charge in [0.1, 0.15) is 12.3 Å². The van der Waals surface area contributed by atoms with Crippen LogP contribution in [0.25, 0.3) is 17.0 Å². The van der Waals surface area contributed by atoms with Crippen LogP contribution in [0.5, 0.6) is 5.75 Å². The first-order chi connectivity index (χ1) is 17.7. The van der Waals surface area contributed by atoms with Gasteiger partial charge in [0.15, 0.2) is 16.7 Å². The van der Waals surface area contributed by atoms with Crippen LogP contribution in [0.4, 0.5) is 10.1 Å². The van der Waals surface area contributed by atoms with E-state index in [0.29, 0.717) is 24.0 Å². The van der Waals surface area contributed by atoms with Crippen LogP contribution in [0.2, 0.25) is 0 Å². The molecule has 1 aliphatic heterocycles. The van der Waals surface area contributed by atoms with E-state index in [0.717, 1.165) is 37.8 Å². The van der Waals surface area contributed by atoms with Gasteiger partial charge in [-0.15, -0.1) is 0 Å². The summed E-state index contributed by atoms with van der Waals surface area (Å²) in [5, 5.41) is 1.41. The topological polar surface area (TPSA) is 37.7 Å². The number of benzene rings is 3. The Morgan fingerprint density at radius 2 is 1.84 bits per heavy atom. The van der Waals surface area contributed by atoms with Crippen molar-refractivity contribution in [1.82, 2.24) is 9.47 Å². The van der Waals surface area contributed by atoms with Gasteiger partial charge in [-0.25, -0.2) is 4.39 Å². The number of aryl methyl sites for hydroxylation is 2. The predicted molar refractivity (Wildman–Crippen MR) is 153 cm³/mol. The van der Waals surface area contributed by atoms with Crippen LogP contribution in [0.1, 0.15) is 16.7 Å². The van der Waals surface area contributed by atoms with E-state index >= 15 is 0 Å². The summed E-state index contributed by atoms with van der Waals surface area (Å²) < 4.78 is 22.6. The van der Waals surface area contributed by atoms with Crippen molar-refractivity contribution in [2.45, 2.75) is 20.4 Å². The van der Waals surface area contributed by atoms with E-state index in [1.807, 2.05) is 74.1 Å². The second-order valence-electron chi connectivity index (χ2n) is 9.00. The molecule has 0 bridgehead atoms. The van der Waals surface area contributed by atoms with Crippen molar-refractivity contribution in [3.63, 3.8) is 0 Å². The number of amides is 1. The first kappa shape index (κ1) is 25.2. The fraction of sp³-hybridized carbons (Fsp3) is 0.172. The summed E-state index contributed by atoms with van der Waals surface area (Å²) in [5.74, 6) is -0.335. The molecule has 5 nitrogen and oxygen atoms in total. The van der Waals surface area contributed by atoms with E-state index in [1.165, 1.54) is 6.07 Å². The normalized spacial score (nSPS) is 14.9. The minimum Gasteiger partial charge on any atom is -0.489 e. The molecule has 0 radical (unpaired) electrons. The van der Waals surface area contributed by atoms with E-state index in [-0.39, 0.29) is 17.5 Å². The molecular weight excluding hydrogens is 553 g/mol. The van der Waals surface area contributed by atoms with E-state index in [4.69, 9.17) is 17.0 Å². The van der Waals surface area contributed by atoms with Crippen molar-refractivity contribution >= 4 is 61.8 Å². The molecule has 0 saturated carbocycles. The lowest BCUT2D eigenvalue weighted by molar-refractivity contribution is -0.114. The zero-order valence-corrected chi connectivity index (χ0v) is 23.1. The van der Waals surface area contributed by atoms with Crippen molar-refractivity contribution in [2.75, 3.05) is 18.6 Å². The second kappa shape index (κ2) is 10.1. The average Bonchev–Trinajstić information content (AvgIpc) is 3.31. The van der Waals surface area contributed by atoms with Crippen LogP contribution in [0.3, 0.4) is 0 Å². The number of halogens is 2. The van der Waals surface area contributed by atoms with Crippen molar-refractivity contribution in [1.29, 1.82) is 0 Å².